The van der Waals surface area contributed by atoms with Gasteiger partial charge < -0.3 is 14.5 Å². The van der Waals surface area contributed by atoms with Crippen LogP contribution >= 0.6 is 0 Å². The first kappa shape index (κ1) is 18.5. The largest absolute Gasteiger partial charge is 0.468 e. The lowest BCUT2D eigenvalue weighted by molar-refractivity contribution is -0.137. The van der Waals surface area contributed by atoms with Gasteiger partial charge in [0.05, 0.1) is 31.1 Å². The van der Waals surface area contributed by atoms with Gasteiger partial charge in [0.1, 0.15) is 5.76 Å². The Morgan fingerprint density at radius 3 is 2.42 bits per heavy atom. The molecule has 1 aliphatic rings. The van der Waals surface area contributed by atoms with Crippen LogP contribution in [-0.4, -0.2) is 43.7 Å². The Morgan fingerprint density at radius 2 is 1.85 bits per heavy atom. The number of nitrogens with one attached hydrogen (secondary N) is 1. The Balaban J connectivity index is 1.65. The molecule has 8 heteroatoms. The van der Waals surface area contributed by atoms with Gasteiger partial charge in [0.25, 0.3) is 5.91 Å². The zero-order chi connectivity index (χ0) is 18.6. The standard InChI is InChI=1S/C18H19F3N2O3/c19-18(20,21)14-5-3-13(4-6-14)17(24)22-12-15(16-2-1-9-26-16)23-7-10-25-11-8-23/h1-6,9,15H,7-8,10-12H2,(H,22,24)/t15-/m1/s1. The molecule has 1 fully saturated rings. The summed E-state index contributed by atoms with van der Waals surface area (Å²) in [6.45, 7) is 2.91. The molecule has 1 saturated heterocycles. The number of amides is 1. The molecule has 0 radical (unpaired) electrons. The third-order valence-electron chi connectivity index (χ3n) is 4.29. The second-order valence-corrected chi connectivity index (χ2v) is 5.96. The molecule has 1 amide bonds. The lowest BCUT2D eigenvalue weighted by atomic mass is 10.1. The van der Waals surface area contributed by atoms with Crippen molar-refractivity contribution in [1.29, 1.82) is 0 Å². The average Bonchev–Trinajstić information content (AvgIpc) is 3.16. The minimum atomic E-state index is -4.42. The molecule has 0 unspecified atom stereocenters. The minimum Gasteiger partial charge on any atom is -0.468 e. The number of furan rings is 1. The number of halogens is 3. The highest BCUT2D eigenvalue weighted by molar-refractivity contribution is 5.94. The predicted octanol–water partition coefficient (Wildman–Crippen LogP) is 3.10. The highest BCUT2D eigenvalue weighted by Crippen LogP contribution is 2.29. The molecule has 0 spiro atoms. The summed E-state index contributed by atoms with van der Waals surface area (Å²) < 4.78 is 48.7. The Hall–Kier alpha value is -2.32. The molecule has 0 bridgehead atoms. The van der Waals surface area contributed by atoms with Gasteiger partial charge >= 0.3 is 6.18 Å². The maximum atomic E-state index is 12.6. The highest BCUT2D eigenvalue weighted by atomic mass is 19.4. The van der Waals surface area contributed by atoms with Crippen LogP contribution in [0, 0.1) is 0 Å². The van der Waals surface area contributed by atoms with E-state index >= 15 is 0 Å². The van der Waals surface area contributed by atoms with Gasteiger partial charge in [-0.1, -0.05) is 0 Å². The molecule has 0 aliphatic carbocycles. The second kappa shape index (κ2) is 7.92. The lowest BCUT2D eigenvalue weighted by Gasteiger charge is -2.33. The summed E-state index contributed by atoms with van der Waals surface area (Å²) in [5.74, 6) is 0.295. The normalized spacial score (nSPS) is 17.0. The van der Waals surface area contributed by atoms with E-state index in [1.165, 1.54) is 12.1 Å². The molecule has 2 heterocycles. The number of hydrogen-bond acceptors (Lipinski definition) is 4. The number of carbonyl (C=O) groups excluding carboxylic acids is 1. The van der Waals surface area contributed by atoms with Crippen LogP contribution in [-0.2, 0) is 10.9 Å². The molecule has 0 saturated carbocycles. The molecule has 140 valence electrons. The van der Waals surface area contributed by atoms with Crippen LogP contribution in [0.25, 0.3) is 0 Å². The van der Waals surface area contributed by atoms with E-state index in [0.29, 0.717) is 26.3 Å². The third-order valence-corrected chi connectivity index (χ3v) is 4.29. The van der Waals surface area contributed by atoms with E-state index in [9.17, 15) is 18.0 Å². The zero-order valence-electron chi connectivity index (χ0n) is 14.0. The topological polar surface area (TPSA) is 54.7 Å². The van der Waals surface area contributed by atoms with Crippen LogP contribution in [0.5, 0.6) is 0 Å². The number of ether oxygens (including phenoxy) is 1. The first-order valence-electron chi connectivity index (χ1n) is 8.26. The quantitative estimate of drug-likeness (QED) is 0.881. The number of alkyl halides is 3. The fourth-order valence-corrected chi connectivity index (χ4v) is 2.88. The van der Waals surface area contributed by atoms with Crippen LogP contribution < -0.4 is 5.32 Å². The van der Waals surface area contributed by atoms with Crippen molar-refractivity contribution in [3.05, 3.63) is 59.5 Å². The van der Waals surface area contributed by atoms with Crippen LogP contribution in [0.15, 0.2) is 47.1 Å². The van der Waals surface area contributed by atoms with Crippen molar-refractivity contribution in [1.82, 2.24) is 10.2 Å². The zero-order valence-corrected chi connectivity index (χ0v) is 14.0. The Morgan fingerprint density at radius 1 is 1.15 bits per heavy atom. The molecule has 1 aromatic carbocycles. The molecule has 3 rings (SSSR count). The Bertz CT molecular complexity index is 708. The first-order chi connectivity index (χ1) is 12.4. The fourth-order valence-electron chi connectivity index (χ4n) is 2.88. The van der Waals surface area contributed by atoms with Gasteiger partial charge in [0.2, 0.25) is 0 Å². The number of nitrogens with zero attached hydrogens (tertiary/aromatic N) is 1. The van der Waals surface area contributed by atoms with Gasteiger partial charge in [-0.15, -0.1) is 0 Å². The SMILES string of the molecule is O=C(NC[C@H](c1ccco1)N1CCOCC1)c1ccc(C(F)(F)F)cc1. The molecule has 1 N–H and O–H groups in total. The number of morpholine rings is 1. The van der Waals surface area contributed by atoms with Gasteiger partial charge in [-0.25, -0.2) is 0 Å². The minimum absolute atomic E-state index is 0.160. The van der Waals surface area contributed by atoms with Crippen LogP contribution in [0.1, 0.15) is 27.7 Å². The van der Waals surface area contributed by atoms with Gasteiger partial charge in [-0.2, -0.15) is 13.2 Å². The summed E-state index contributed by atoms with van der Waals surface area (Å²) in [6.07, 6.45) is -2.85. The summed E-state index contributed by atoms with van der Waals surface area (Å²) in [5.41, 5.74) is -0.603. The molecular weight excluding hydrogens is 349 g/mol. The molecule has 2 aromatic rings. The van der Waals surface area contributed by atoms with Crippen LogP contribution in [0.3, 0.4) is 0 Å². The number of benzene rings is 1. The van der Waals surface area contributed by atoms with E-state index in [0.717, 1.165) is 17.9 Å². The van der Waals surface area contributed by atoms with E-state index in [2.05, 4.69) is 10.2 Å². The van der Waals surface area contributed by atoms with Crippen molar-refractivity contribution < 1.29 is 27.1 Å². The van der Waals surface area contributed by atoms with Crippen molar-refractivity contribution in [3.63, 3.8) is 0 Å². The fraction of sp³-hybridized carbons (Fsp3) is 0.389. The second-order valence-electron chi connectivity index (χ2n) is 5.96. The molecular formula is C18H19F3N2O3. The number of hydrogen-bond donors (Lipinski definition) is 1. The van der Waals surface area contributed by atoms with Crippen LogP contribution in [0.4, 0.5) is 13.2 Å². The Labute approximate surface area is 148 Å². The van der Waals surface area contributed by atoms with Gasteiger partial charge in [-0.3, -0.25) is 9.69 Å². The van der Waals surface area contributed by atoms with E-state index in [4.69, 9.17) is 9.15 Å². The number of carbonyl (C=O) groups is 1. The van der Waals surface area contributed by atoms with Crippen molar-refractivity contribution in [3.8, 4) is 0 Å². The lowest BCUT2D eigenvalue weighted by Crippen LogP contribution is -2.43. The summed E-state index contributed by atoms with van der Waals surface area (Å²) >= 11 is 0. The molecule has 1 atom stereocenters. The van der Waals surface area contributed by atoms with E-state index in [1.807, 2.05) is 6.07 Å². The van der Waals surface area contributed by atoms with E-state index < -0.39 is 17.6 Å². The summed E-state index contributed by atoms with van der Waals surface area (Å²) in [6, 6.07) is 7.61. The van der Waals surface area contributed by atoms with Gasteiger partial charge in [0.15, 0.2) is 0 Å². The molecule has 5 nitrogen and oxygen atoms in total. The summed E-state index contributed by atoms with van der Waals surface area (Å²) in [4.78, 5) is 14.4. The monoisotopic (exact) mass is 368 g/mol. The summed E-state index contributed by atoms with van der Waals surface area (Å²) in [7, 11) is 0. The predicted molar refractivity (Wildman–Crippen MR) is 87.6 cm³/mol. The maximum Gasteiger partial charge on any atom is 0.416 e. The highest BCUT2D eigenvalue weighted by Gasteiger charge is 2.30. The van der Waals surface area contributed by atoms with Crippen molar-refractivity contribution in [2.24, 2.45) is 0 Å². The maximum absolute atomic E-state index is 12.6. The van der Waals surface area contributed by atoms with E-state index in [1.54, 1.807) is 12.3 Å². The molecule has 1 aromatic heterocycles. The first-order valence-corrected chi connectivity index (χ1v) is 8.26. The van der Waals surface area contributed by atoms with Gasteiger partial charge in [0, 0.05) is 25.2 Å². The third kappa shape index (κ3) is 4.44. The Kier molecular flexibility index (Phi) is 5.63. The van der Waals surface area contributed by atoms with Crippen molar-refractivity contribution in [2.45, 2.75) is 12.2 Å². The van der Waals surface area contributed by atoms with Crippen LogP contribution in [0.2, 0.25) is 0 Å². The molecule has 26 heavy (non-hydrogen) atoms. The smallest absolute Gasteiger partial charge is 0.416 e. The van der Waals surface area contributed by atoms with Gasteiger partial charge in [-0.05, 0) is 36.4 Å². The van der Waals surface area contributed by atoms with Crippen molar-refractivity contribution in [2.75, 3.05) is 32.8 Å². The number of rotatable bonds is 5. The van der Waals surface area contributed by atoms with E-state index in [-0.39, 0.29) is 18.2 Å². The average molecular weight is 368 g/mol. The molecule has 1 aliphatic heterocycles. The van der Waals surface area contributed by atoms with Crippen molar-refractivity contribution >= 4 is 5.91 Å². The summed E-state index contributed by atoms with van der Waals surface area (Å²) in [5, 5.41) is 2.78.